The molecule has 0 aromatic heterocycles. The molecule has 0 saturated heterocycles. The molecule has 3 heteroatoms. The predicted octanol–water partition coefficient (Wildman–Crippen LogP) is 1.59. The van der Waals surface area contributed by atoms with E-state index >= 15 is 0 Å². The summed E-state index contributed by atoms with van der Waals surface area (Å²) in [6, 6.07) is 6.74. The van der Waals surface area contributed by atoms with Gasteiger partial charge in [-0.2, -0.15) is 5.26 Å². The van der Waals surface area contributed by atoms with Crippen LogP contribution in [-0.2, 0) is 17.6 Å². The van der Waals surface area contributed by atoms with Crippen molar-refractivity contribution in [1.29, 1.82) is 5.26 Å². The largest absolute Gasteiger partial charge is 0.508 e. The minimum Gasteiger partial charge on any atom is -0.508 e. The maximum atomic E-state index is 10.9. The molecule has 1 aromatic carbocycles. The van der Waals surface area contributed by atoms with Gasteiger partial charge >= 0.3 is 0 Å². The quantitative estimate of drug-likeness (QED) is 0.785. The average Bonchev–Trinajstić information content (AvgIpc) is 2.09. The van der Waals surface area contributed by atoms with Gasteiger partial charge in [-0.3, -0.25) is 4.79 Å². The van der Waals surface area contributed by atoms with Gasteiger partial charge in [-0.05, 0) is 30.2 Å². The van der Waals surface area contributed by atoms with Crippen LogP contribution in [0.2, 0.25) is 0 Å². The van der Waals surface area contributed by atoms with E-state index in [9.17, 15) is 9.90 Å². The summed E-state index contributed by atoms with van der Waals surface area (Å²) in [6.45, 7) is 1.50. The lowest BCUT2D eigenvalue weighted by Gasteiger charge is -2.04. The second-order valence-electron chi connectivity index (χ2n) is 3.17. The second kappa shape index (κ2) is 4.43. The van der Waals surface area contributed by atoms with Crippen LogP contribution in [0.5, 0.6) is 5.75 Å². The molecule has 1 rings (SSSR count). The molecule has 1 aromatic rings. The first kappa shape index (κ1) is 10.3. The Morgan fingerprint density at radius 3 is 2.79 bits per heavy atom. The molecule has 3 nitrogen and oxygen atoms in total. The van der Waals surface area contributed by atoms with E-state index in [4.69, 9.17) is 5.26 Å². The smallest absolute Gasteiger partial charge is 0.134 e. The van der Waals surface area contributed by atoms with Gasteiger partial charge in [-0.1, -0.05) is 6.07 Å². The fourth-order valence-electron chi connectivity index (χ4n) is 1.30. The SMILES string of the molecule is CC(=O)Cc1ccc(O)cc1CC#N. The van der Waals surface area contributed by atoms with Crippen LogP contribution in [0.4, 0.5) is 0 Å². The minimum atomic E-state index is 0.0508. The van der Waals surface area contributed by atoms with Crippen molar-refractivity contribution in [2.45, 2.75) is 19.8 Å². The second-order valence-corrected chi connectivity index (χ2v) is 3.17. The Morgan fingerprint density at radius 2 is 2.21 bits per heavy atom. The molecule has 1 N–H and O–H groups in total. The third-order valence-electron chi connectivity index (χ3n) is 1.90. The van der Waals surface area contributed by atoms with Crippen LogP contribution < -0.4 is 0 Å². The third-order valence-corrected chi connectivity index (χ3v) is 1.90. The molecule has 0 heterocycles. The first-order valence-electron chi connectivity index (χ1n) is 4.30. The lowest BCUT2D eigenvalue weighted by Crippen LogP contribution is -2.00. The molecule has 72 valence electrons. The van der Waals surface area contributed by atoms with Gasteiger partial charge in [-0.25, -0.2) is 0 Å². The highest BCUT2D eigenvalue weighted by molar-refractivity contribution is 5.78. The van der Waals surface area contributed by atoms with Crippen molar-refractivity contribution in [2.75, 3.05) is 0 Å². The van der Waals surface area contributed by atoms with E-state index in [2.05, 4.69) is 0 Å². The molecule has 0 saturated carbocycles. The van der Waals surface area contributed by atoms with Gasteiger partial charge < -0.3 is 5.11 Å². The molecule has 14 heavy (non-hydrogen) atoms. The summed E-state index contributed by atoms with van der Waals surface area (Å²) >= 11 is 0. The first-order valence-corrected chi connectivity index (χ1v) is 4.30. The minimum absolute atomic E-state index is 0.0508. The van der Waals surface area contributed by atoms with Crippen molar-refractivity contribution in [3.05, 3.63) is 29.3 Å². The summed E-state index contributed by atoms with van der Waals surface area (Å²) in [5.41, 5.74) is 1.54. The number of hydrogen-bond acceptors (Lipinski definition) is 3. The van der Waals surface area contributed by atoms with Crippen molar-refractivity contribution >= 4 is 5.78 Å². The maximum Gasteiger partial charge on any atom is 0.134 e. The Bertz CT molecular complexity index is 391. The summed E-state index contributed by atoms with van der Waals surface area (Å²) in [5.74, 6) is 0.178. The van der Waals surface area contributed by atoms with E-state index < -0.39 is 0 Å². The highest BCUT2D eigenvalue weighted by atomic mass is 16.3. The van der Waals surface area contributed by atoms with Gasteiger partial charge in [0, 0.05) is 6.42 Å². The van der Waals surface area contributed by atoms with E-state index in [0.29, 0.717) is 6.42 Å². The van der Waals surface area contributed by atoms with Gasteiger partial charge in [0.2, 0.25) is 0 Å². The monoisotopic (exact) mass is 189 g/mol. The number of carbonyl (C=O) groups is 1. The molecular formula is C11H11NO2. The molecule has 0 fully saturated rings. The zero-order valence-corrected chi connectivity index (χ0v) is 7.95. The number of phenolic OH excluding ortho intramolecular Hbond substituents is 1. The number of carbonyl (C=O) groups excluding carboxylic acids is 1. The number of nitrogens with zero attached hydrogens (tertiary/aromatic N) is 1. The molecule has 0 aliphatic rings. The van der Waals surface area contributed by atoms with Gasteiger partial charge in [0.05, 0.1) is 12.5 Å². The Kier molecular flexibility index (Phi) is 3.24. The van der Waals surface area contributed by atoms with Crippen molar-refractivity contribution in [1.82, 2.24) is 0 Å². The zero-order valence-electron chi connectivity index (χ0n) is 7.95. The van der Waals surface area contributed by atoms with Crippen molar-refractivity contribution in [3.63, 3.8) is 0 Å². The number of nitriles is 1. The molecular weight excluding hydrogens is 178 g/mol. The molecule has 0 unspecified atom stereocenters. The van der Waals surface area contributed by atoms with E-state index in [1.807, 2.05) is 6.07 Å². The summed E-state index contributed by atoms with van der Waals surface area (Å²) in [5, 5.41) is 17.8. The van der Waals surface area contributed by atoms with Crippen molar-refractivity contribution in [3.8, 4) is 11.8 Å². The summed E-state index contributed by atoms with van der Waals surface area (Å²) in [7, 11) is 0. The number of benzene rings is 1. The van der Waals surface area contributed by atoms with Crippen molar-refractivity contribution < 1.29 is 9.90 Å². The molecule has 0 aliphatic heterocycles. The molecule has 0 aliphatic carbocycles. The van der Waals surface area contributed by atoms with Gasteiger partial charge in [-0.15, -0.1) is 0 Å². The van der Waals surface area contributed by atoms with Crippen molar-refractivity contribution in [2.24, 2.45) is 0 Å². The maximum absolute atomic E-state index is 10.9. The van der Waals surface area contributed by atoms with Gasteiger partial charge in [0.15, 0.2) is 0 Å². The molecule has 0 bridgehead atoms. The number of rotatable bonds is 3. The highest BCUT2D eigenvalue weighted by Gasteiger charge is 2.05. The molecule has 0 spiro atoms. The van der Waals surface area contributed by atoms with E-state index in [1.165, 1.54) is 19.1 Å². The average molecular weight is 189 g/mol. The fraction of sp³-hybridized carbons (Fsp3) is 0.273. The fourth-order valence-corrected chi connectivity index (χ4v) is 1.30. The number of hydrogen-bond donors (Lipinski definition) is 1. The van der Waals surface area contributed by atoms with Crippen LogP contribution in [0.3, 0.4) is 0 Å². The lowest BCUT2D eigenvalue weighted by atomic mass is 10.0. The summed E-state index contributed by atoms with van der Waals surface area (Å²) in [4.78, 5) is 10.9. The van der Waals surface area contributed by atoms with Crippen LogP contribution in [0.15, 0.2) is 18.2 Å². The van der Waals surface area contributed by atoms with Crippen LogP contribution in [0.1, 0.15) is 18.1 Å². The molecule has 0 radical (unpaired) electrons. The number of Topliss-reactive ketones (excluding diaryl/α,β-unsaturated/α-hetero) is 1. The Morgan fingerprint density at radius 1 is 1.50 bits per heavy atom. The van der Waals surface area contributed by atoms with Gasteiger partial charge in [0.25, 0.3) is 0 Å². The Labute approximate surface area is 82.6 Å². The number of ketones is 1. The Hall–Kier alpha value is -1.82. The van der Waals surface area contributed by atoms with Crippen LogP contribution in [0, 0.1) is 11.3 Å². The number of phenols is 1. The van der Waals surface area contributed by atoms with E-state index in [1.54, 1.807) is 6.07 Å². The van der Waals surface area contributed by atoms with Crippen LogP contribution in [0.25, 0.3) is 0 Å². The third kappa shape index (κ3) is 2.60. The molecule has 0 amide bonds. The predicted molar refractivity (Wildman–Crippen MR) is 51.8 cm³/mol. The van der Waals surface area contributed by atoms with Crippen LogP contribution in [-0.4, -0.2) is 10.9 Å². The lowest BCUT2D eigenvalue weighted by molar-refractivity contribution is -0.116. The van der Waals surface area contributed by atoms with Crippen LogP contribution >= 0.6 is 0 Å². The first-order chi connectivity index (χ1) is 6.63. The normalized spacial score (nSPS) is 9.43. The van der Waals surface area contributed by atoms with E-state index in [0.717, 1.165) is 11.1 Å². The van der Waals surface area contributed by atoms with E-state index in [-0.39, 0.29) is 18.0 Å². The summed E-state index contributed by atoms with van der Waals surface area (Å²) in [6.07, 6.45) is 0.536. The Balaban J connectivity index is 3.02. The number of aromatic hydroxyl groups is 1. The summed E-state index contributed by atoms with van der Waals surface area (Å²) < 4.78 is 0. The standard InChI is InChI=1S/C11H11NO2/c1-8(13)6-9-2-3-11(14)7-10(9)4-5-12/h2-3,7,14H,4,6H2,1H3. The van der Waals surface area contributed by atoms with Gasteiger partial charge in [0.1, 0.15) is 11.5 Å². The molecule has 0 atom stereocenters. The zero-order chi connectivity index (χ0) is 10.6. The topological polar surface area (TPSA) is 61.1 Å². The highest BCUT2D eigenvalue weighted by Crippen LogP contribution is 2.17.